The minimum Gasteiger partial charge on any atom is -0.382 e. The van der Waals surface area contributed by atoms with Crippen LogP contribution < -0.4 is 5.32 Å². The molecule has 0 fully saturated rings. The zero-order chi connectivity index (χ0) is 10.1. The Morgan fingerprint density at radius 1 is 1.54 bits per heavy atom. The van der Waals surface area contributed by atoms with Crippen LogP contribution in [0, 0.1) is 0 Å². The van der Waals surface area contributed by atoms with Crippen molar-refractivity contribution in [3.8, 4) is 0 Å². The van der Waals surface area contributed by atoms with E-state index >= 15 is 0 Å². The summed E-state index contributed by atoms with van der Waals surface area (Å²) in [6.45, 7) is 5.82. The number of hydrogen-bond acceptors (Lipinski definition) is 2. The Balaban J connectivity index is 3.55. The number of ether oxygens (including phenoxy) is 1. The average molecular weight is 185 g/mol. The maximum absolute atomic E-state index is 5.23. The molecule has 0 aromatic rings. The van der Waals surface area contributed by atoms with Gasteiger partial charge in [-0.3, -0.25) is 0 Å². The zero-order valence-corrected chi connectivity index (χ0v) is 9.18. The molecule has 78 valence electrons. The molecule has 13 heavy (non-hydrogen) atoms. The Bertz CT molecular complexity index is 125. The predicted molar refractivity (Wildman–Crippen MR) is 58.0 cm³/mol. The van der Waals surface area contributed by atoms with E-state index in [0.717, 1.165) is 12.8 Å². The van der Waals surface area contributed by atoms with Gasteiger partial charge < -0.3 is 10.1 Å². The van der Waals surface area contributed by atoms with E-state index in [-0.39, 0.29) is 0 Å². The van der Waals surface area contributed by atoms with Crippen molar-refractivity contribution in [3.05, 3.63) is 12.7 Å². The predicted octanol–water partition coefficient (Wildman–Crippen LogP) is 2.36. The topological polar surface area (TPSA) is 21.3 Å². The van der Waals surface area contributed by atoms with Gasteiger partial charge in [-0.1, -0.05) is 6.08 Å². The number of unbranched alkanes of at least 4 members (excludes halogenated alkanes) is 1. The van der Waals surface area contributed by atoms with Crippen molar-refractivity contribution < 1.29 is 4.74 Å². The van der Waals surface area contributed by atoms with Crippen molar-refractivity contribution in [1.29, 1.82) is 0 Å². The zero-order valence-electron chi connectivity index (χ0n) is 9.18. The van der Waals surface area contributed by atoms with Crippen LogP contribution in [0.1, 0.15) is 32.6 Å². The summed E-state index contributed by atoms with van der Waals surface area (Å²) in [5.74, 6) is 0. The van der Waals surface area contributed by atoms with Crippen LogP contribution in [-0.4, -0.2) is 26.3 Å². The van der Waals surface area contributed by atoms with E-state index in [1.165, 1.54) is 12.8 Å². The Kier molecular flexibility index (Phi) is 8.05. The summed E-state index contributed by atoms with van der Waals surface area (Å²) in [7, 11) is 3.78. The second kappa shape index (κ2) is 8.27. The molecule has 1 N–H and O–H groups in total. The smallest absolute Gasteiger partial charge is 0.0558 e. The van der Waals surface area contributed by atoms with Gasteiger partial charge in [0.05, 0.1) is 6.10 Å². The van der Waals surface area contributed by atoms with Gasteiger partial charge in [0.15, 0.2) is 0 Å². The van der Waals surface area contributed by atoms with Crippen molar-refractivity contribution >= 4 is 0 Å². The van der Waals surface area contributed by atoms with Crippen molar-refractivity contribution in [3.63, 3.8) is 0 Å². The lowest BCUT2D eigenvalue weighted by atomic mass is 10.0. The molecule has 2 heteroatoms. The molecule has 0 heterocycles. The number of hydrogen-bond donors (Lipinski definition) is 1. The van der Waals surface area contributed by atoms with Gasteiger partial charge in [-0.25, -0.2) is 0 Å². The third-order valence-corrected chi connectivity index (χ3v) is 2.39. The van der Waals surface area contributed by atoms with Crippen LogP contribution in [0.25, 0.3) is 0 Å². The third-order valence-electron chi connectivity index (χ3n) is 2.39. The molecule has 2 atom stereocenters. The SMILES string of the molecule is C=CCCCC(CC(C)OC)NC. The normalized spacial score (nSPS) is 15.3. The molecule has 0 amide bonds. The lowest BCUT2D eigenvalue weighted by molar-refractivity contribution is 0.100. The quantitative estimate of drug-likeness (QED) is 0.463. The molecule has 0 aromatic carbocycles. The van der Waals surface area contributed by atoms with Gasteiger partial charge in [-0.2, -0.15) is 0 Å². The van der Waals surface area contributed by atoms with Crippen LogP contribution in [0.4, 0.5) is 0 Å². The van der Waals surface area contributed by atoms with Crippen LogP contribution in [0.15, 0.2) is 12.7 Å². The van der Waals surface area contributed by atoms with E-state index in [1.807, 2.05) is 13.1 Å². The number of methoxy groups -OCH3 is 1. The summed E-state index contributed by atoms with van der Waals surface area (Å²) in [5.41, 5.74) is 0. The lowest BCUT2D eigenvalue weighted by Crippen LogP contribution is -2.29. The molecule has 2 unspecified atom stereocenters. The van der Waals surface area contributed by atoms with Crippen LogP contribution in [0.5, 0.6) is 0 Å². The second-order valence-electron chi connectivity index (χ2n) is 3.49. The maximum Gasteiger partial charge on any atom is 0.0558 e. The maximum atomic E-state index is 5.23. The molecule has 0 aliphatic heterocycles. The molecule has 0 aromatic heterocycles. The van der Waals surface area contributed by atoms with E-state index in [2.05, 4.69) is 18.8 Å². The first kappa shape index (κ1) is 12.7. The first-order valence-electron chi connectivity index (χ1n) is 5.05. The van der Waals surface area contributed by atoms with Crippen LogP contribution in [-0.2, 0) is 4.74 Å². The van der Waals surface area contributed by atoms with Gasteiger partial charge in [0.2, 0.25) is 0 Å². The van der Waals surface area contributed by atoms with Crippen molar-refractivity contribution in [2.75, 3.05) is 14.2 Å². The molecule has 0 saturated carbocycles. The standard InChI is InChI=1S/C11H23NO/c1-5-6-7-8-11(12-3)9-10(2)13-4/h5,10-12H,1,6-9H2,2-4H3. The van der Waals surface area contributed by atoms with Crippen LogP contribution in [0.3, 0.4) is 0 Å². The Morgan fingerprint density at radius 2 is 2.23 bits per heavy atom. The molecule has 0 rings (SSSR count). The first-order chi connectivity index (χ1) is 6.24. The van der Waals surface area contributed by atoms with Crippen LogP contribution >= 0.6 is 0 Å². The third kappa shape index (κ3) is 6.79. The molecule has 2 nitrogen and oxygen atoms in total. The van der Waals surface area contributed by atoms with Gasteiger partial charge in [0.1, 0.15) is 0 Å². The minimum absolute atomic E-state index is 0.348. The molecule has 0 spiro atoms. The Hall–Kier alpha value is -0.340. The van der Waals surface area contributed by atoms with Crippen molar-refractivity contribution in [2.45, 2.75) is 44.8 Å². The summed E-state index contributed by atoms with van der Waals surface area (Å²) < 4.78 is 5.23. The molecular weight excluding hydrogens is 162 g/mol. The van der Waals surface area contributed by atoms with Crippen molar-refractivity contribution in [2.24, 2.45) is 0 Å². The van der Waals surface area contributed by atoms with Gasteiger partial charge in [0, 0.05) is 13.2 Å². The number of allylic oxidation sites excluding steroid dienone is 1. The fourth-order valence-corrected chi connectivity index (χ4v) is 1.39. The van der Waals surface area contributed by atoms with E-state index in [0.29, 0.717) is 12.1 Å². The van der Waals surface area contributed by atoms with E-state index < -0.39 is 0 Å². The molecule has 0 aliphatic carbocycles. The van der Waals surface area contributed by atoms with Gasteiger partial charge in [-0.05, 0) is 39.7 Å². The molecule has 0 saturated heterocycles. The molecule has 0 radical (unpaired) electrons. The summed E-state index contributed by atoms with van der Waals surface area (Å²) >= 11 is 0. The van der Waals surface area contributed by atoms with E-state index in [4.69, 9.17) is 4.74 Å². The average Bonchev–Trinajstić information content (AvgIpc) is 2.16. The van der Waals surface area contributed by atoms with Gasteiger partial charge in [0.25, 0.3) is 0 Å². The summed E-state index contributed by atoms with van der Waals surface area (Å²) in [6, 6.07) is 0.579. The highest BCUT2D eigenvalue weighted by atomic mass is 16.5. The largest absolute Gasteiger partial charge is 0.382 e. The summed E-state index contributed by atoms with van der Waals surface area (Å²) in [6.07, 6.45) is 6.94. The molecule has 0 bridgehead atoms. The summed E-state index contributed by atoms with van der Waals surface area (Å²) in [4.78, 5) is 0. The second-order valence-corrected chi connectivity index (χ2v) is 3.49. The fraction of sp³-hybridized carbons (Fsp3) is 0.818. The number of nitrogens with one attached hydrogen (secondary N) is 1. The highest BCUT2D eigenvalue weighted by molar-refractivity contribution is 4.72. The van der Waals surface area contributed by atoms with E-state index in [1.54, 1.807) is 7.11 Å². The monoisotopic (exact) mass is 185 g/mol. The fourth-order valence-electron chi connectivity index (χ4n) is 1.39. The minimum atomic E-state index is 0.348. The number of rotatable bonds is 8. The van der Waals surface area contributed by atoms with Gasteiger partial charge in [-0.15, -0.1) is 6.58 Å². The lowest BCUT2D eigenvalue weighted by Gasteiger charge is -2.19. The first-order valence-corrected chi connectivity index (χ1v) is 5.05. The highest BCUT2D eigenvalue weighted by Gasteiger charge is 2.09. The molecule has 0 aliphatic rings. The summed E-state index contributed by atoms with van der Waals surface area (Å²) in [5, 5.41) is 3.31. The Labute approximate surface area is 82.4 Å². The van der Waals surface area contributed by atoms with Crippen molar-refractivity contribution in [1.82, 2.24) is 5.32 Å². The highest BCUT2D eigenvalue weighted by Crippen LogP contribution is 2.08. The van der Waals surface area contributed by atoms with E-state index in [9.17, 15) is 0 Å². The Morgan fingerprint density at radius 3 is 2.69 bits per heavy atom. The van der Waals surface area contributed by atoms with Gasteiger partial charge >= 0.3 is 0 Å². The van der Waals surface area contributed by atoms with Crippen LogP contribution in [0.2, 0.25) is 0 Å². The molecular formula is C11H23NO.